The molecule has 2 aliphatic heterocycles. The highest BCUT2D eigenvalue weighted by Gasteiger charge is 2.49. The number of aryl methyl sites for hydroxylation is 1. The summed E-state index contributed by atoms with van der Waals surface area (Å²) in [4.78, 5) is 52.4. The van der Waals surface area contributed by atoms with Gasteiger partial charge < -0.3 is 5.32 Å². The third-order valence-electron chi connectivity index (χ3n) is 5.33. The van der Waals surface area contributed by atoms with Gasteiger partial charge in [0.15, 0.2) is 0 Å². The van der Waals surface area contributed by atoms with Crippen molar-refractivity contribution in [2.45, 2.75) is 19.4 Å². The van der Waals surface area contributed by atoms with Crippen molar-refractivity contribution in [1.29, 1.82) is 0 Å². The van der Waals surface area contributed by atoms with Gasteiger partial charge in [0, 0.05) is 13.1 Å². The molecule has 0 bridgehead atoms. The number of hydrogen-bond donors (Lipinski definition) is 1. The van der Waals surface area contributed by atoms with Crippen LogP contribution in [0.2, 0.25) is 0 Å². The number of fused-ring (bicyclic) bond motifs is 1. The Balaban J connectivity index is 1.51. The molecular weight excluding hydrogens is 358 g/mol. The third kappa shape index (κ3) is 2.58. The number of nitrogens with one attached hydrogen (secondary N) is 1. The van der Waals surface area contributed by atoms with Crippen LogP contribution in [0, 0.1) is 6.92 Å². The molecule has 142 valence electrons. The van der Waals surface area contributed by atoms with E-state index in [-0.39, 0.29) is 13.1 Å². The van der Waals surface area contributed by atoms with Gasteiger partial charge in [-0.25, -0.2) is 4.79 Å². The first-order valence-corrected chi connectivity index (χ1v) is 8.99. The Labute approximate surface area is 161 Å². The van der Waals surface area contributed by atoms with Crippen LogP contribution in [0.15, 0.2) is 48.5 Å². The van der Waals surface area contributed by atoms with Crippen molar-refractivity contribution < 1.29 is 19.2 Å². The van der Waals surface area contributed by atoms with Crippen molar-refractivity contribution in [3.05, 3.63) is 70.8 Å². The molecular formula is C21H19N3O4. The Bertz CT molecular complexity index is 980. The average Bonchev–Trinajstić information content (AvgIpc) is 3.06. The lowest BCUT2D eigenvalue weighted by Crippen LogP contribution is -2.43. The molecule has 0 unspecified atom stereocenters. The second kappa shape index (κ2) is 6.30. The highest BCUT2D eigenvalue weighted by atomic mass is 16.2. The zero-order valence-corrected chi connectivity index (χ0v) is 15.6. The minimum Gasteiger partial charge on any atom is -0.319 e. The number of nitrogens with zero attached hydrogens (tertiary/aromatic N) is 2. The summed E-state index contributed by atoms with van der Waals surface area (Å²) in [5.74, 6) is -1.22. The molecule has 1 N–H and O–H groups in total. The summed E-state index contributed by atoms with van der Waals surface area (Å²) >= 11 is 0. The zero-order chi connectivity index (χ0) is 20.1. The van der Waals surface area contributed by atoms with Crippen molar-refractivity contribution in [2.24, 2.45) is 0 Å². The van der Waals surface area contributed by atoms with Crippen molar-refractivity contribution in [2.75, 3.05) is 13.1 Å². The maximum atomic E-state index is 13.0. The molecule has 28 heavy (non-hydrogen) atoms. The van der Waals surface area contributed by atoms with E-state index in [0.29, 0.717) is 16.7 Å². The molecule has 0 spiro atoms. The largest absolute Gasteiger partial charge is 0.325 e. The normalized spacial score (nSPS) is 21.4. The molecule has 1 fully saturated rings. The zero-order valence-electron chi connectivity index (χ0n) is 15.6. The van der Waals surface area contributed by atoms with Gasteiger partial charge in [0.25, 0.3) is 17.7 Å². The predicted molar refractivity (Wildman–Crippen MR) is 101 cm³/mol. The Morgan fingerprint density at radius 3 is 1.93 bits per heavy atom. The van der Waals surface area contributed by atoms with E-state index in [4.69, 9.17) is 0 Å². The van der Waals surface area contributed by atoms with Crippen LogP contribution in [-0.4, -0.2) is 46.6 Å². The average molecular weight is 377 g/mol. The first kappa shape index (κ1) is 17.9. The maximum absolute atomic E-state index is 13.0. The van der Waals surface area contributed by atoms with E-state index >= 15 is 0 Å². The topological polar surface area (TPSA) is 86.8 Å². The molecule has 7 heteroatoms. The highest BCUT2D eigenvalue weighted by molar-refractivity contribution is 6.21. The Hall–Kier alpha value is -3.48. The van der Waals surface area contributed by atoms with E-state index in [1.165, 1.54) is 0 Å². The molecule has 4 rings (SSSR count). The van der Waals surface area contributed by atoms with E-state index < -0.39 is 29.3 Å². The number of amides is 5. The minimum atomic E-state index is -1.17. The molecule has 1 saturated heterocycles. The summed E-state index contributed by atoms with van der Waals surface area (Å²) in [5, 5.41) is 2.73. The molecule has 2 heterocycles. The lowest BCUT2D eigenvalue weighted by atomic mass is 9.91. The number of carbonyl (C=O) groups is 4. The first-order chi connectivity index (χ1) is 13.3. The van der Waals surface area contributed by atoms with Crippen LogP contribution in [0.5, 0.6) is 0 Å². The van der Waals surface area contributed by atoms with Gasteiger partial charge in [-0.1, -0.05) is 42.0 Å². The predicted octanol–water partition coefficient (Wildman–Crippen LogP) is 2.06. The summed E-state index contributed by atoms with van der Waals surface area (Å²) in [6.45, 7) is 3.49. The first-order valence-electron chi connectivity index (χ1n) is 8.99. The number of rotatable bonds is 4. The van der Waals surface area contributed by atoms with Crippen LogP contribution in [-0.2, 0) is 10.3 Å². The number of benzene rings is 2. The van der Waals surface area contributed by atoms with E-state index in [9.17, 15) is 19.2 Å². The fourth-order valence-corrected chi connectivity index (χ4v) is 3.62. The third-order valence-corrected chi connectivity index (χ3v) is 5.33. The van der Waals surface area contributed by atoms with E-state index in [0.717, 1.165) is 15.4 Å². The molecule has 0 radical (unpaired) electrons. The summed E-state index contributed by atoms with van der Waals surface area (Å²) in [6, 6.07) is 13.4. The number of hydrogen-bond acceptors (Lipinski definition) is 4. The second-order valence-corrected chi connectivity index (χ2v) is 7.19. The number of carbonyl (C=O) groups excluding carboxylic acids is 4. The van der Waals surface area contributed by atoms with Gasteiger partial charge in [0.2, 0.25) is 0 Å². The molecule has 1 atom stereocenters. The Morgan fingerprint density at radius 2 is 1.36 bits per heavy atom. The summed E-state index contributed by atoms with van der Waals surface area (Å²) < 4.78 is 0. The second-order valence-electron chi connectivity index (χ2n) is 7.19. The monoisotopic (exact) mass is 377 g/mol. The summed E-state index contributed by atoms with van der Waals surface area (Å²) in [5.41, 5.74) is 1.24. The van der Waals surface area contributed by atoms with Crippen LogP contribution < -0.4 is 5.32 Å². The molecule has 2 aromatic rings. The Kier molecular flexibility index (Phi) is 4.03. The van der Waals surface area contributed by atoms with E-state index in [1.54, 1.807) is 43.3 Å². The van der Waals surface area contributed by atoms with Crippen LogP contribution in [0.4, 0.5) is 4.79 Å². The number of imide groups is 2. The minimum absolute atomic E-state index is 0.0461. The van der Waals surface area contributed by atoms with E-state index in [2.05, 4.69) is 5.32 Å². The lowest BCUT2D eigenvalue weighted by Gasteiger charge is -2.23. The van der Waals surface area contributed by atoms with Crippen molar-refractivity contribution in [1.82, 2.24) is 15.1 Å². The van der Waals surface area contributed by atoms with Gasteiger partial charge >= 0.3 is 6.03 Å². The molecule has 2 aromatic carbocycles. The van der Waals surface area contributed by atoms with Crippen molar-refractivity contribution in [3.8, 4) is 0 Å². The summed E-state index contributed by atoms with van der Waals surface area (Å²) in [7, 11) is 0. The number of urea groups is 1. The van der Waals surface area contributed by atoms with Gasteiger partial charge in [-0.2, -0.15) is 0 Å². The highest BCUT2D eigenvalue weighted by Crippen LogP contribution is 2.29. The van der Waals surface area contributed by atoms with Gasteiger partial charge in [-0.3, -0.25) is 24.2 Å². The SMILES string of the molecule is Cc1ccc([C@@]2(C)NC(=O)N(CCN3C(=O)c4ccccc4C3=O)C2=O)cc1. The standard InChI is InChI=1S/C21H19N3O4/c1-13-7-9-14(10-8-13)21(2)19(27)24(20(28)22-21)12-11-23-17(25)15-5-3-4-6-16(15)18(23)26/h3-10H,11-12H2,1-2H3,(H,22,28)/t21-/m1/s1. The molecule has 0 aliphatic carbocycles. The van der Waals surface area contributed by atoms with E-state index in [1.807, 2.05) is 19.1 Å². The van der Waals surface area contributed by atoms with Crippen molar-refractivity contribution >= 4 is 23.8 Å². The fraction of sp³-hybridized carbons (Fsp3) is 0.238. The molecule has 5 amide bonds. The van der Waals surface area contributed by atoms with Crippen LogP contribution in [0.25, 0.3) is 0 Å². The quantitative estimate of drug-likeness (QED) is 0.653. The van der Waals surface area contributed by atoms with Gasteiger partial charge in [0.05, 0.1) is 11.1 Å². The molecule has 7 nitrogen and oxygen atoms in total. The smallest absolute Gasteiger partial charge is 0.319 e. The molecule has 2 aliphatic rings. The maximum Gasteiger partial charge on any atom is 0.325 e. The van der Waals surface area contributed by atoms with Gasteiger partial charge in [-0.15, -0.1) is 0 Å². The van der Waals surface area contributed by atoms with Crippen molar-refractivity contribution in [3.63, 3.8) is 0 Å². The van der Waals surface area contributed by atoms with Crippen LogP contribution in [0.3, 0.4) is 0 Å². The van der Waals surface area contributed by atoms with Gasteiger partial charge in [0.1, 0.15) is 5.54 Å². The summed E-state index contributed by atoms with van der Waals surface area (Å²) in [6.07, 6.45) is 0. The van der Waals surface area contributed by atoms with Crippen LogP contribution in [0.1, 0.15) is 38.8 Å². The van der Waals surface area contributed by atoms with Crippen LogP contribution >= 0.6 is 0 Å². The Morgan fingerprint density at radius 1 is 0.821 bits per heavy atom. The van der Waals surface area contributed by atoms with Gasteiger partial charge in [-0.05, 0) is 31.5 Å². The molecule has 0 saturated carbocycles. The fourth-order valence-electron chi connectivity index (χ4n) is 3.62. The molecule has 0 aromatic heterocycles. The lowest BCUT2D eigenvalue weighted by molar-refractivity contribution is -0.131.